The van der Waals surface area contributed by atoms with Gasteiger partial charge in [-0.25, -0.2) is 0 Å². The first-order valence-electron chi connectivity index (χ1n) is 6.23. The van der Waals surface area contributed by atoms with Gasteiger partial charge in [-0.15, -0.1) is 0 Å². The molecule has 4 heteroatoms. The molecule has 0 aliphatic carbocycles. The highest BCUT2D eigenvalue weighted by atomic mass is 16.5. The summed E-state index contributed by atoms with van der Waals surface area (Å²) in [5.74, 6) is 2.38. The second kappa shape index (κ2) is 6.19. The molecule has 1 aromatic heterocycles. The molecule has 0 saturated carbocycles. The Morgan fingerprint density at radius 3 is 2.82 bits per heavy atom. The number of furan rings is 1. The zero-order valence-corrected chi connectivity index (χ0v) is 10.4. The van der Waals surface area contributed by atoms with E-state index in [1.807, 2.05) is 13.0 Å². The van der Waals surface area contributed by atoms with Crippen molar-refractivity contribution in [1.82, 2.24) is 0 Å². The van der Waals surface area contributed by atoms with E-state index in [9.17, 15) is 0 Å². The van der Waals surface area contributed by atoms with Gasteiger partial charge in [0.25, 0.3) is 0 Å². The molecule has 1 aliphatic heterocycles. The fraction of sp³-hybridized carbons (Fsp3) is 0.692. The molecular formula is C13H21NO3. The summed E-state index contributed by atoms with van der Waals surface area (Å²) in [6.45, 7) is 5.57. The average Bonchev–Trinajstić information content (AvgIpc) is 2.72. The van der Waals surface area contributed by atoms with Gasteiger partial charge in [0.2, 0.25) is 0 Å². The molecule has 2 rings (SSSR count). The van der Waals surface area contributed by atoms with E-state index in [1.54, 1.807) is 0 Å². The Labute approximate surface area is 102 Å². The third-order valence-electron chi connectivity index (χ3n) is 3.22. The lowest BCUT2D eigenvalue weighted by molar-refractivity contribution is 0.0155. The van der Waals surface area contributed by atoms with Gasteiger partial charge >= 0.3 is 0 Å². The van der Waals surface area contributed by atoms with Crippen molar-refractivity contribution in [1.29, 1.82) is 0 Å². The second-order valence-corrected chi connectivity index (χ2v) is 4.57. The van der Waals surface area contributed by atoms with Crippen LogP contribution in [0.1, 0.15) is 29.9 Å². The number of ether oxygens (including phenoxy) is 2. The molecule has 1 aromatic rings. The van der Waals surface area contributed by atoms with E-state index in [0.717, 1.165) is 49.7 Å². The number of aryl methyl sites for hydroxylation is 1. The number of hydrogen-bond acceptors (Lipinski definition) is 4. The lowest BCUT2D eigenvalue weighted by Gasteiger charge is -2.21. The minimum absolute atomic E-state index is 0.445. The molecule has 96 valence electrons. The van der Waals surface area contributed by atoms with Crippen LogP contribution < -0.4 is 5.73 Å². The van der Waals surface area contributed by atoms with Crippen LogP contribution in [0, 0.1) is 12.8 Å². The molecule has 2 N–H and O–H groups in total. The van der Waals surface area contributed by atoms with Crippen LogP contribution in [0.3, 0.4) is 0 Å². The van der Waals surface area contributed by atoms with Gasteiger partial charge < -0.3 is 19.6 Å². The van der Waals surface area contributed by atoms with Gasteiger partial charge in [0, 0.05) is 18.8 Å². The van der Waals surface area contributed by atoms with Crippen molar-refractivity contribution in [3.63, 3.8) is 0 Å². The van der Waals surface area contributed by atoms with Crippen LogP contribution in [0.15, 0.2) is 10.5 Å². The Hall–Kier alpha value is -0.840. The molecule has 17 heavy (non-hydrogen) atoms. The topological polar surface area (TPSA) is 57.6 Å². The first kappa shape index (κ1) is 12.6. The van der Waals surface area contributed by atoms with Crippen LogP contribution in [0.2, 0.25) is 0 Å². The summed E-state index contributed by atoms with van der Waals surface area (Å²) in [6, 6.07) is 1.99. The molecule has 1 aliphatic rings. The molecule has 4 nitrogen and oxygen atoms in total. The maximum atomic E-state index is 5.74. The molecule has 0 unspecified atom stereocenters. The molecule has 1 fully saturated rings. The van der Waals surface area contributed by atoms with E-state index >= 15 is 0 Å². The Morgan fingerprint density at radius 1 is 1.41 bits per heavy atom. The normalized spacial score (nSPS) is 17.5. The van der Waals surface area contributed by atoms with Crippen molar-refractivity contribution in [3.05, 3.63) is 23.2 Å². The van der Waals surface area contributed by atoms with Gasteiger partial charge in [-0.05, 0) is 31.7 Å². The van der Waals surface area contributed by atoms with Crippen LogP contribution in [-0.4, -0.2) is 19.8 Å². The zero-order chi connectivity index (χ0) is 12.1. The molecule has 0 bridgehead atoms. The second-order valence-electron chi connectivity index (χ2n) is 4.57. The predicted octanol–water partition coefficient (Wildman–Crippen LogP) is 1.99. The minimum Gasteiger partial charge on any atom is -0.465 e. The highest BCUT2D eigenvalue weighted by Gasteiger charge is 2.14. The Morgan fingerprint density at radius 2 is 2.18 bits per heavy atom. The molecule has 0 atom stereocenters. The largest absolute Gasteiger partial charge is 0.465 e. The number of hydrogen-bond donors (Lipinski definition) is 1. The van der Waals surface area contributed by atoms with Crippen molar-refractivity contribution in [2.24, 2.45) is 11.7 Å². The van der Waals surface area contributed by atoms with E-state index < -0.39 is 0 Å². The third kappa shape index (κ3) is 3.56. The lowest BCUT2D eigenvalue weighted by atomic mass is 10.0. The van der Waals surface area contributed by atoms with E-state index in [4.69, 9.17) is 19.6 Å². The Kier molecular flexibility index (Phi) is 4.59. The third-order valence-corrected chi connectivity index (χ3v) is 3.22. The summed E-state index contributed by atoms with van der Waals surface area (Å²) in [7, 11) is 0. The van der Waals surface area contributed by atoms with E-state index in [1.165, 1.54) is 0 Å². The fourth-order valence-electron chi connectivity index (χ4n) is 2.08. The van der Waals surface area contributed by atoms with Crippen molar-refractivity contribution in [2.45, 2.75) is 32.9 Å². The standard InChI is InChI=1S/C13H21NO3/c1-10-12(6-13(7-14)17-10)9-16-8-11-2-4-15-5-3-11/h6,11H,2-5,7-9,14H2,1H3. The quantitative estimate of drug-likeness (QED) is 0.853. The Bertz CT molecular complexity index is 342. The highest BCUT2D eigenvalue weighted by molar-refractivity contribution is 5.19. The van der Waals surface area contributed by atoms with E-state index in [0.29, 0.717) is 19.1 Å². The van der Waals surface area contributed by atoms with Crippen LogP contribution in [-0.2, 0) is 22.6 Å². The zero-order valence-electron chi connectivity index (χ0n) is 10.4. The summed E-state index contributed by atoms with van der Waals surface area (Å²) in [4.78, 5) is 0. The summed E-state index contributed by atoms with van der Waals surface area (Å²) < 4.78 is 16.5. The predicted molar refractivity (Wildman–Crippen MR) is 64.5 cm³/mol. The van der Waals surface area contributed by atoms with E-state index in [-0.39, 0.29) is 0 Å². The molecule has 0 radical (unpaired) electrons. The van der Waals surface area contributed by atoms with Crippen molar-refractivity contribution >= 4 is 0 Å². The van der Waals surface area contributed by atoms with Crippen LogP contribution >= 0.6 is 0 Å². The maximum absolute atomic E-state index is 5.74. The fourth-order valence-corrected chi connectivity index (χ4v) is 2.08. The van der Waals surface area contributed by atoms with Gasteiger partial charge in [-0.3, -0.25) is 0 Å². The monoisotopic (exact) mass is 239 g/mol. The average molecular weight is 239 g/mol. The maximum Gasteiger partial charge on any atom is 0.118 e. The summed E-state index contributed by atoms with van der Waals surface area (Å²) in [5.41, 5.74) is 6.64. The summed E-state index contributed by atoms with van der Waals surface area (Å²) in [6.07, 6.45) is 2.22. The van der Waals surface area contributed by atoms with Crippen LogP contribution in [0.5, 0.6) is 0 Å². The molecule has 1 saturated heterocycles. The van der Waals surface area contributed by atoms with Crippen molar-refractivity contribution < 1.29 is 13.9 Å². The van der Waals surface area contributed by atoms with Crippen LogP contribution in [0.25, 0.3) is 0 Å². The van der Waals surface area contributed by atoms with Gasteiger partial charge in [-0.1, -0.05) is 0 Å². The first-order valence-corrected chi connectivity index (χ1v) is 6.23. The van der Waals surface area contributed by atoms with Gasteiger partial charge in [0.1, 0.15) is 11.5 Å². The van der Waals surface area contributed by atoms with Crippen LogP contribution in [0.4, 0.5) is 0 Å². The Balaban J connectivity index is 1.75. The smallest absolute Gasteiger partial charge is 0.118 e. The van der Waals surface area contributed by atoms with E-state index in [2.05, 4.69) is 0 Å². The van der Waals surface area contributed by atoms with Gasteiger partial charge in [0.05, 0.1) is 19.8 Å². The SMILES string of the molecule is Cc1oc(CN)cc1COCC1CCOCC1. The lowest BCUT2D eigenvalue weighted by Crippen LogP contribution is -2.20. The first-order chi connectivity index (χ1) is 8.29. The summed E-state index contributed by atoms with van der Waals surface area (Å²) >= 11 is 0. The van der Waals surface area contributed by atoms with Gasteiger partial charge in [-0.2, -0.15) is 0 Å². The van der Waals surface area contributed by atoms with Crippen molar-refractivity contribution in [3.8, 4) is 0 Å². The molecule has 0 amide bonds. The molecule has 0 spiro atoms. The van der Waals surface area contributed by atoms with Crippen molar-refractivity contribution in [2.75, 3.05) is 19.8 Å². The van der Waals surface area contributed by atoms with Gasteiger partial charge in [0.15, 0.2) is 0 Å². The number of rotatable bonds is 5. The molecular weight excluding hydrogens is 218 g/mol. The molecule has 2 heterocycles. The highest BCUT2D eigenvalue weighted by Crippen LogP contribution is 2.18. The minimum atomic E-state index is 0.445. The molecule has 0 aromatic carbocycles. The number of nitrogens with two attached hydrogens (primary N) is 1. The summed E-state index contributed by atoms with van der Waals surface area (Å²) in [5, 5.41) is 0.